The molecular weight excluding hydrogens is 414 g/mol. The van der Waals surface area contributed by atoms with Crippen LogP contribution >= 0.6 is 23.4 Å². The minimum absolute atomic E-state index is 0.00426. The van der Waals surface area contributed by atoms with E-state index in [1.54, 1.807) is 0 Å². The summed E-state index contributed by atoms with van der Waals surface area (Å²) >= 11 is 7.48. The van der Waals surface area contributed by atoms with Crippen LogP contribution in [0.1, 0.15) is 5.56 Å². The van der Waals surface area contributed by atoms with Crippen LogP contribution in [-0.4, -0.2) is 63.6 Å². The van der Waals surface area contributed by atoms with Crippen LogP contribution in [0.2, 0.25) is 0 Å². The predicted molar refractivity (Wildman–Crippen MR) is 111 cm³/mol. The molecule has 0 aromatic heterocycles. The molecule has 154 valence electrons. The second-order valence-corrected chi connectivity index (χ2v) is 9.22. The number of amides is 2. The van der Waals surface area contributed by atoms with Gasteiger partial charge in [0.1, 0.15) is 6.04 Å². The van der Waals surface area contributed by atoms with Crippen molar-refractivity contribution in [1.29, 1.82) is 0 Å². The first-order chi connectivity index (χ1) is 13.9. The van der Waals surface area contributed by atoms with E-state index >= 15 is 0 Å². The zero-order valence-corrected chi connectivity index (χ0v) is 17.1. The molecule has 4 rings (SSSR count). The topological polar surface area (TPSA) is 102 Å². The van der Waals surface area contributed by atoms with Crippen LogP contribution in [-0.2, 0) is 16.0 Å². The summed E-state index contributed by atoms with van der Waals surface area (Å²) in [6.45, 7) is 0.0956. The number of nitrogens with one attached hydrogen (secondary N) is 2. The molecule has 0 bridgehead atoms. The van der Waals surface area contributed by atoms with Crippen molar-refractivity contribution in [3.63, 3.8) is 0 Å². The summed E-state index contributed by atoms with van der Waals surface area (Å²) in [5.41, 5.74) is 1.32. The second-order valence-electron chi connectivity index (χ2n) is 7.40. The number of thioether (sulfide) groups is 1. The molecule has 1 fully saturated rings. The average molecular weight is 436 g/mol. The fourth-order valence-corrected chi connectivity index (χ4v) is 5.14. The monoisotopic (exact) mass is 435 g/mol. The van der Waals surface area contributed by atoms with Crippen LogP contribution < -0.4 is 10.6 Å². The number of hydrogen-bond donors (Lipinski definition) is 4. The Morgan fingerprint density at radius 2 is 1.90 bits per heavy atom. The maximum Gasteiger partial charge on any atom is 0.267 e. The van der Waals surface area contributed by atoms with Crippen LogP contribution in [0.15, 0.2) is 52.5 Å². The van der Waals surface area contributed by atoms with E-state index in [1.807, 2.05) is 42.5 Å². The lowest BCUT2D eigenvalue weighted by molar-refractivity contribution is -0.135. The van der Waals surface area contributed by atoms with Crippen molar-refractivity contribution in [2.24, 2.45) is 5.92 Å². The number of β-amino-alcohol motifs (C(OH)–C–C–N with tert-alkyl or cyclic N) is 2. The van der Waals surface area contributed by atoms with Crippen molar-refractivity contribution >= 4 is 35.2 Å². The molecular formula is C20H22ClN3O4S. The molecule has 1 saturated heterocycles. The molecule has 5 atom stereocenters. The molecule has 1 aromatic rings. The molecule has 2 amide bonds. The number of carbonyl (C=O) groups is 2. The van der Waals surface area contributed by atoms with Crippen LogP contribution in [0.25, 0.3) is 0 Å². The van der Waals surface area contributed by atoms with Gasteiger partial charge >= 0.3 is 0 Å². The third-order valence-electron chi connectivity index (χ3n) is 5.27. The quantitative estimate of drug-likeness (QED) is 0.538. The third-order valence-corrected chi connectivity index (χ3v) is 6.71. The van der Waals surface area contributed by atoms with Gasteiger partial charge in [0.25, 0.3) is 5.91 Å². The first-order valence-corrected chi connectivity index (χ1v) is 10.7. The fraction of sp³-hybridized carbons (Fsp3) is 0.400. The highest BCUT2D eigenvalue weighted by atomic mass is 35.5. The SMILES string of the molecule is O=C(N[C@@H](Cc1ccccc1)C(=O)N1C[C@@H](O)[C@@H](O)C1)C1=CC2C=C(Cl)SC2N1. The molecule has 0 aliphatic carbocycles. The van der Waals surface area contributed by atoms with E-state index in [4.69, 9.17) is 11.6 Å². The standard InChI is InChI=1S/C20H22ClN3O4S/c21-17-8-12-7-13(23-19(12)29-17)18(27)22-14(6-11-4-2-1-3-5-11)20(28)24-9-15(25)16(26)10-24/h1-5,7-8,12,14-16,19,23,25-26H,6,9-10H2,(H,22,27)/t12?,14-,15-,16+,19?/m0/s1. The van der Waals surface area contributed by atoms with Gasteiger partial charge in [0.2, 0.25) is 5.91 Å². The number of rotatable bonds is 5. The lowest BCUT2D eigenvalue weighted by atomic mass is 10.0. The third kappa shape index (κ3) is 4.45. The summed E-state index contributed by atoms with van der Waals surface area (Å²) in [6, 6.07) is 8.60. The molecule has 2 unspecified atom stereocenters. The number of halogens is 1. The number of benzene rings is 1. The van der Waals surface area contributed by atoms with E-state index in [0.717, 1.165) is 5.56 Å². The van der Waals surface area contributed by atoms with Crippen molar-refractivity contribution in [3.8, 4) is 0 Å². The predicted octanol–water partition coefficient (Wildman–Crippen LogP) is 0.534. The molecule has 0 spiro atoms. The van der Waals surface area contributed by atoms with Gasteiger partial charge in [-0.3, -0.25) is 9.59 Å². The Morgan fingerprint density at radius 3 is 2.55 bits per heavy atom. The molecule has 4 N–H and O–H groups in total. The number of hydrogen-bond acceptors (Lipinski definition) is 6. The van der Waals surface area contributed by atoms with Crippen LogP contribution in [0, 0.1) is 5.92 Å². The molecule has 3 aliphatic heterocycles. The van der Waals surface area contributed by atoms with Crippen molar-refractivity contribution in [2.75, 3.05) is 13.1 Å². The van der Waals surface area contributed by atoms with Gasteiger partial charge in [-0.2, -0.15) is 0 Å². The number of aliphatic hydroxyl groups excluding tert-OH is 2. The summed E-state index contributed by atoms with van der Waals surface area (Å²) in [4.78, 5) is 27.3. The number of likely N-dealkylation sites (tertiary alicyclic amines) is 1. The van der Waals surface area contributed by atoms with Gasteiger partial charge in [-0.05, 0) is 17.7 Å². The average Bonchev–Trinajstić information content (AvgIpc) is 3.34. The highest BCUT2D eigenvalue weighted by molar-refractivity contribution is 8.05. The van der Waals surface area contributed by atoms with E-state index < -0.39 is 18.2 Å². The fourth-order valence-electron chi connectivity index (χ4n) is 3.73. The first-order valence-electron chi connectivity index (χ1n) is 9.43. The van der Waals surface area contributed by atoms with Gasteiger partial charge in [0.15, 0.2) is 0 Å². The van der Waals surface area contributed by atoms with Crippen molar-refractivity contribution in [1.82, 2.24) is 15.5 Å². The zero-order valence-electron chi connectivity index (χ0n) is 15.5. The van der Waals surface area contributed by atoms with E-state index in [9.17, 15) is 19.8 Å². The lowest BCUT2D eigenvalue weighted by Gasteiger charge is -2.24. The summed E-state index contributed by atoms with van der Waals surface area (Å²) in [5.74, 6) is -0.645. The minimum Gasteiger partial charge on any atom is -0.388 e. The molecule has 1 aromatic carbocycles. The Labute approximate surface area is 177 Å². The maximum atomic E-state index is 13.0. The molecule has 9 heteroatoms. The summed E-state index contributed by atoms with van der Waals surface area (Å²) in [7, 11) is 0. The Hall–Kier alpha value is -2.00. The van der Waals surface area contributed by atoms with Crippen molar-refractivity contribution in [2.45, 2.75) is 30.0 Å². The highest BCUT2D eigenvalue weighted by Gasteiger charge is 2.38. The van der Waals surface area contributed by atoms with Crippen LogP contribution in [0.3, 0.4) is 0 Å². The highest BCUT2D eigenvalue weighted by Crippen LogP contribution is 2.41. The normalized spacial score (nSPS) is 29.0. The van der Waals surface area contributed by atoms with Crippen molar-refractivity contribution in [3.05, 3.63) is 58.1 Å². The van der Waals surface area contributed by atoms with E-state index in [1.165, 1.54) is 16.7 Å². The number of carbonyl (C=O) groups excluding carboxylic acids is 2. The molecule has 0 radical (unpaired) electrons. The Bertz CT molecular complexity index is 853. The molecule has 3 aliphatic rings. The van der Waals surface area contributed by atoms with Gasteiger partial charge in [-0.15, -0.1) is 0 Å². The summed E-state index contributed by atoms with van der Waals surface area (Å²) in [5, 5.41) is 25.5. The largest absolute Gasteiger partial charge is 0.388 e. The first kappa shape index (κ1) is 20.3. The van der Waals surface area contributed by atoms with Crippen LogP contribution in [0.4, 0.5) is 0 Å². The van der Waals surface area contributed by atoms with Gasteiger partial charge < -0.3 is 25.7 Å². The Kier molecular flexibility index (Phi) is 5.87. The van der Waals surface area contributed by atoms with Gasteiger partial charge in [-0.25, -0.2) is 0 Å². The lowest BCUT2D eigenvalue weighted by Crippen LogP contribution is -2.50. The zero-order chi connectivity index (χ0) is 20.5. The number of fused-ring (bicyclic) bond motifs is 1. The van der Waals surface area contributed by atoms with Crippen LogP contribution in [0.5, 0.6) is 0 Å². The van der Waals surface area contributed by atoms with Gasteiger partial charge in [0, 0.05) is 25.4 Å². The second kappa shape index (κ2) is 8.39. The number of aliphatic hydroxyl groups is 2. The van der Waals surface area contributed by atoms with E-state index in [2.05, 4.69) is 10.6 Å². The molecule has 29 heavy (non-hydrogen) atoms. The smallest absolute Gasteiger partial charge is 0.267 e. The minimum atomic E-state index is -0.973. The van der Waals surface area contributed by atoms with Gasteiger partial charge in [-0.1, -0.05) is 53.7 Å². The number of nitrogens with zero attached hydrogens (tertiary/aromatic N) is 1. The van der Waals surface area contributed by atoms with Gasteiger partial charge in [0.05, 0.1) is 27.6 Å². The van der Waals surface area contributed by atoms with Crippen molar-refractivity contribution < 1.29 is 19.8 Å². The van der Waals surface area contributed by atoms with E-state index in [-0.39, 0.29) is 36.2 Å². The maximum absolute atomic E-state index is 13.0. The summed E-state index contributed by atoms with van der Waals surface area (Å²) < 4.78 is 0.700. The molecule has 0 saturated carbocycles. The molecule has 3 heterocycles. The Balaban J connectivity index is 1.48. The van der Waals surface area contributed by atoms with E-state index in [0.29, 0.717) is 16.5 Å². The molecule has 7 nitrogen and oxygen atoms in total. The summed E-state index contributed by atoms with van der Waals surface area (Å²) in [6.07, 6.45) is 2.08. The Morgan fingerprint density at radius 1 is 1.21 bits per heavy atom.